The zero-order chi connectivity index (χ0) is 17.7. The van der Waals surface area contributed by atoms with Crippen molar-refractivity contribution in [1.82, 2.24) is 0 Å². The first kappa shape index (κ1) is 18.1. The average molecular weight is 325 g/mol. The van der Waals surface area contributed by atoms with Gasteiger partial charge >= 0.3 is 0 Å². The summed E-state index contributed by atoms with van der Waals surface area (Å²) in [7, 11) is 0. The van der Waals surface area contributed by atoms with E-state index in [2.05, 4.69) is 25.2 Å². The van der Waals surface area contributed by atoms with Crippen LogP contribution in [-0.2, 0) is 4.79 Å². The third-order valence-electron chi connectivity index (χ3n) is 4.14. The Kier molecular flexibility index (Phi) is 6.02. The Morgan fingerprint density at radius 1 is 1.08 bits per heavy atom. The van der Waals surface area contributed by atoms with Gasteiger partial charge in [-0.2, -0.15) is 0 Å². The lowest BCUT2D eigenvalue weighted by Crippen LogP contribution is -2.33. The molecular formula is C21H27NO2. The first-order valence-electron chi connectivity index (χ1n) is 8.56. The minimum atomic E-state index is -0.507. The highest BCUT2D eigenvalue weighted by molar-refractivity contribution is 5.95. The van der Waals surface area contributed by atoms with Crippen LogP contribution in [0, 0.1) is 13.8 Å². The summed E-state index contributed by atoms with van der Waals surface area (Å²) in [6.07, 6.45) is 0.107. The number of anilines is 1. The number of carbonyl (C=O) groups is 1. The predicted octanol–water partition coefficient (Wildman–Crippen LogP) is 5.22. The molecule has 0 saturated heterocycles. The van der Waals surface area contributed by atoms with Crippen LogP contribution in [0.1, 0.15) is 49.8 Å². The van der Waals surface area contributed by atoms with Crippen molar-refractivity contribution in [3.8, 4) is 5.75 Å². The van der Waals surface area contributed by atoms with E-state index in [1.54, 1.807) is 0 Å². The fourth-order valence-corrected chi connectivity index (χ4v) is 2.65. The number of nitrogens with one attached hydrogen (secondary N) is 1. The standard InChI is InChI=1S/C21H27NO2/c1-6-19(24-17-12-10-15(4)11-13-17)21(23)22-20-16(5)8-7-9-18(20)14(2)3/h7-14,19H,6H2,1-5H3,(H,22,23)/t19-/m1/s1. The van der Waals surface area contributed by atoms with Crippen molar-refractivity contribution >= 4 is 11.6 Å². The van der Waals surface area contributed by atoms with E-state index in [0.29, 0.717) is 12.3 Å². The molecule has 0 bridgehead atoms. The van der Waals surface area contributed by atoms with Crippen molar-refractivity contribution in [3.05, 3.63) is 59.2 Å². The van der Waals surface area contributed by atoms with Crippen LogP contribution >= 0.6 is 0 Å². The van der Waals surface area contributed by atoms with Gasteiger partial charge in [-0.05, 0) is 49.4 Å². The topological polar surface area (TPSA) is 38.3 Å². The summed E-state index contributed by atoms with van der Waals surface area (Å²) in [5.74, 6) is 0.962. The maximum absolute atomic E-state index is 12.7. The van der Waals surface area contributed by atoms with Gasteiger partial charge in [0.15, 0.2) is 6.10 Å². The molecule has 3 heteroatoms. The van der Waals surface area contributed by atoms with Gasteiger partial charge in [0.1, 0.15) is 5.75 Å². The number of hydrogen-bond donors (Lipinski definition) is 1. The Morgan fingerprint density at radius 2 is 1.75 bits per heavy atom. The van der Waals surface area contributed by atoms with Crippen LogP contribution in [-0.4, -0.2) is 12.0 Å². The minimum Gasteiger partial charge on any atom is -0.481 e. The number of ether oxygens (including phenoxy) is 1. The van der Waals surface area contributed by atoms with E-state index in [4.69, 9.17) is 4.74 Å². The zero-order valence-electron chi connectivity index (χ0n) is 15.2. The van der Waals surface area contributed by atoms with Crippen molar-refractivity contribution in [1.29, 1.82) is 0 Å². The minimum absolute atomic E-state index is 0.103. The van der Waals surface area contributed by atoms with Gasteiger partial charge in [-0.25, -0.2) is 0 Å². The van der Waals surface area contributed by atoms with E-state index in [1.165, 1.54) is 5.56 Å². The molecule has 0 radical (unpaired) electrons. The highest BCUT2D eigenvalue weighted by Gasteiger charge is 2.21. The van der Waals surface area contributed by atoms with Crippen LogP contribution in [0.25, 0.3) is 0 Å². The number of rotatable bonds is 6. The Labute approximate surface area is 145 Å². The van der Waals surface area contributed by atoms with Gasteiger partial charge in [0, 0.05) is 5.69 Å². The second-order valence-electron chi connectivity index (χ2n) is 6.51. The number of para-hydroxylation sites is 1. The quantitative estimate of drug-likeness (QED) is 0.790. The average Bonchev–Trinajstić information content (AvgIpc) is 2.55. The van der Waals surface area contributed by atoms with Crippen molar-refractivity contribution in [2.24, 2.45) is 0 Å². The molecule has 0 aromatic heterocycles. The molecule has 3 nitrogen and oxygen atoms in total. The van der Waals surface area contributed by atoms with Gasteiger partial charge in [0.2, 0.25) is 0 Å². The second-order valence-corrected chi connectivity index (χ2v) is 6.51. The summed E-state index contributed by atoms with van der Waals surface area (Å²) in [6, 6.07) is 13.9. The first-order valence-corrected chi connectivity index (χ1v) is 8.56. The molecule has 2 aromatic carbocycles. The molecular weight excluding hydrogens is 298 g/mol. The van der Waals surface area contributed by atoms with E-state index in [9.17, 15) is 4.79 Å². The van der Waals surface area contributed by atoms with Crippen molar-refractivity contribution in [2.45, 2.75) is 53.1 Å². The maximum atomic E-state index is 12.7. The highest BCUT2D eigenvalue weighted by atomic mass is 16.5. The molecule has 1 amide bonds. The molecule has 1 atom stereocenters. The van der Waals surface area contributed by atoms with Crippen molar-refractivity contribution < 1.29 is 9.53 Å². The van der Waals surface area contributed by atoms with Crippen LogP contribution in [0.3, 0.4) is 0 Å². The third kappa shape index (κ3) is 4.38. The van der Waals surface area contributed by atoms with E-state index in [-0.39, 0.29) is 5.91 Å². The Morgan fingerprint density at radius 3 is 2.33 bits per heavy atom. The van der Waals surface area contributed by atoms with Gasteiger partial charge < -0.3 is 10.1 Å². The molecule has 128 valence electrons. The zero-order valence-corrected chi connectivity index (χ0v) is 15.2. The molecule has 0 unspecified atom stereocenters. The number of carbonyl (C=O) groups excluding carboxylic acids is 1. The van der Waals surface area contributed by atoms with Crippen molar-refractivity contribution in [2.75, 3.05) is 5.32 Å². The number of amides is 1. The van der Waals surface area contributed by atoms with Crippen LogP contribution < -0.4 is 10.1 Å². The molecule has 0 aliphatic carbocycles. The van der Waals surface area contributed by atoms with E-state index >= 15 is 0 Å². The molecule has 0 heterocycles. The third-order valence-corrected chi connectivity index (χ3v) is 4.14. The number of aryl methyl sites for hydroxylation is 2. The van der Waals surface area contributed by atoms with E-state index in [0.717, 1.165) is 22.6 Å². The molecule has 1 N–H and O–H groups in total. The summed E-state index contributed by atoms with van der Waals surface area (Å²) in [6.45, 7) is 10.3. The second kappa shape index (κ2) is 8.00. The number of benzene rings is 2. The lowest BCUT2D eigenvalue weighted by molar-refractivity contribution is -0.122. The molecule has 2 rings (SSSR count). The van der Waals surface area contributed by atoms with Gasteiger partial charge in [-0.3, -0.25) is 4.79 Å². The lowest BCUT2D eigenvalue weighted by Gasteiger charge is -2.21. The number of hydrogen-bond acceptors (Lipinski definition) is 2. The van der Waals surface area contributed by atoms with E-state index in [1.807, 2.05) is 57.2 Å². The van der Waals surface area contributed by atoms with Gasteiger partial charge in [0.25, 0.3) is 5.91 Å². The summed E-state index contributed by atoms with van der Waals surface area (Å²) < 4.78 is 5.88. The Bertz CT molecular complexity index is 689. The first-order chi connectivity index (χ1) is 11.4. The van der Waals surface area contributed by atoms with Crippen LogP contribution in [0.15, 0.2) is 42.5 Å². The highest BCUT2D eigenvalue weighted by Crippen LogP contribution is 2.28. The predicted molar refractivity (Wildman–Crippen MR) is 99.8 cm³/mol. The molecule has 2 aromatic rings. The SMILES string of the molecule is CC[C@@H](Oc1ccc(C)cc1)C(=O)Nc1c(C)cccc1C(C)C. The fraction of sp³-hybridized carbons (Fsp3) is 0.381. The lowest BCUT2D eigenvalue weighted by atomic mass is 9.98. The van der Waals surface area contributed by atoms with Crippen LogP contribution in [0.4, 0.5) is 5.69 Å². The molecule has 0 fully saturated rings. The monoisotopic (exact) mass is 325 g/mol. The summed E-state index contributed by atoms with van der Waals surface area (Å²) in [5, 5.41) is 3.08. The van der Waals surface area contributed by atoms with Crippen LogP contribution in [0.2, 0.25) is 0 Å². The maximum Gasteiger partial charge on any atom is 0.265 e. The molecule has 0 saturated carbocycles. The molecule has 0 aliphatic heterocycles. The molecule has 0 aliphatic rings. The van der Waals surface area contributed by atoms with Gasteiger partial charge in [-0.15, -0.1) is 0 Å². The Hall–Kier alpha value is -2.29. The molecule has 24 heavy (non-hydrogen) atoms. The van der Waals surface area contributed by atoms with Gasteiger partial charge in [-0.1, -0.05) is 56.7 Å². The largest absolute Gasteiger partial charge is 0.481 e. The molecule has 0 spiro atoms. The fourth-order valence-electron chi connectivity index (χ4n) is 2.65. The summed E-state index contributed by atoms with van der Waals surface area (Å²) in [5.41, 5.74) is 4.29. The normalized spacial score (nSPS) is 12.1. The van der Waals surface area contributed by atoms with Crippen molar-refractivity contribution in [3.63, 3.8) is 0 Å². The van der Waals surface area contributed by atoms with E-state index < -0.39 is 6.10 Å². The summed E-state index contributed by atoms with van der Waals surface area (Å²) in [4.78, 5) is 12.7. The Balaban J connectivity index is 2.16. The summed E-state index contributed by atoms with van der Waals surface area (Å²) >= 11 is 0. The van der Waals surface area contributed by atoms with Crippen LogP contribution in [0.5, 0.6) is 5.75 Å². The smallest absolute Gasteiger partial charge is 0.265 e. The van der Waals surface area contributed by atoms with Gasteiger partial charge in [0.05, 0.1) is 0 Å².